The number of nitrogens with one attached hydrogen (secondary N) is 2. The molecule has 2 aliphatic heterocycles. The van der Waals surface area contributed by atoms with Gasteiger partial charge in [0.1, 0.15) is 23.8 Å². The second-order valence-electron chi connectivity index (χ2n) is 8.34. The SMILES string of the molecule is Cc1ccc(NC2C(c3ccc(F)cc3)=NC3=CN(C(=O)[C@H](CO)NC(=O)C(F)(F)F)CCN32)cc1. The van der Waals surface area contributed by atoms with E-state index < -0.39 is 42.6 Å². The van der Waals surface area contributed by atoms with Crippen LogP contribution in [-0.2, 0) is 9.59 Å². The predicted molar refractivity (Wildman–Crippen MR) is 123 cm³/mol. The first kappa shape index (κ1) is 25.2. The molecule has 2 aromatic carbocycles. The lowest BCUT2D eigenvalue weighted by Crippen LogP contribution is -2.55. The van der Waals surface area contributed by atoms with Gasteiger partial charge in [0.15, 0.2) is 0 Å². The van der Waals surface area contributed by atoms with Crippen molar-refractivity contribution in [2.45, 2.75) is 25.3 Å². The number of benzene rings is 2. The molecule has 0 aliphatic carbocycles. The number of alkyl halides is 3. The predicted octanol–water partition coefficient (Wildman–Crippen LogP) is 2.36. The van der Waals surface area contributed by atoms with Crippen LogP contribution >= 0.6 is 0 Å². The molecule has 2 aromatic rings. The fourth-order valence-electron chi connectivity index (χ4n) is 3.89. The summed E-state index contributed by atoms with van der Waals surface area (Å²) in [5.41, 5.74) is 3.07. The number of carbonyl (C=O) groups excluding carboxylic acids is 2. The van der Waals surface area contributed by atoms with Crippen LogP contribution < -0.4 is 10.6 Å². The number of amides is 2. The fraction of sp³-hybridized carbons (Fsp3) is 0.292. The van der Waals surface area contributed by atoms with Crippen LogP contribution in [0.1, 0.15) is 11.1 Å². The van der Waals surface area contributed by atoms with Gasteiger partial charge in [-0.05, 0) is 31.2 Å². The van der Waals surface area contributed by atoms with Gasteiger partial charge in [-0.15, -0.1) is 0 Å². The lowest BCUT2D eigenvalue weighted by molar-refractivity contribution is -0.175. The highest BCUT2D eigenvalue weighted by molar-refractivity contribution is 6.07. The molecule has 4 rings (SSSR count). The Bertz CT molecular complexity index is 1200. The molecule has 2 amide bonds. The van der Waals surface area contributed by atoms with E-state index in [0.29, 0.717) is 17.1 Å². The molecular weight excluding hydrogens is 482 g/mol. The quantitative estimate of drug-likeness (QED) is 0.524. The highest BCUT2D eigenvalue weighted by Gasteiger charge is 2.42. The average molecular weight is 505 g/mol. The second kappa shape index (κ2) is 9.97. The zero-order valence-corrected chi connectivity index (χ0v) is 19.1. The largest absolute Gasteiger partial charge is 0.471 e. The number of anilines is 1. The van der Waals surface area contributed by atoms with E-state index in [9.17, 15) is 32.3 Å². The van der Waals surface area contributed by atoms with Gasteiger partial charge in [-0.25, -0.2) is 9.38 Å². The minimum absolute atomic E-state index is 0.0685. The Hall–Kier alpha value is -3.93. The van der Waals surface area contributed by atoms with Crippen molar-refractivity contribution in [3.05, 3.63) is 77.5 Å². The number of carbonyl (C=O) groups is 2. The Morgan fingerprint density at radius 1 is 1.11 bits per heavy atom. The Kier molecular flexibility index (Phi) is 6.97. The highest BCUT2D eigenvalue weighted by atomic mass is 19.4. The number of hydrogen-bond acceptors (Lipinski definition) is 6. The number of nitrogens with zero attached hydrogens (tertiary/aromatic N) is 3. The van der Waals surface area contributed by atoms with Crippen molar-refractivity contribution in [1.82, 2.24) is 15.1 Å². The van der Waals surface area contributed by atoms with E-state index in [0.717, 1.165) is 16.2 Å². The number of aliphatic imine (C=N–C) groups is 1. The molecule has 3 N–H and O–H groups in total. The van der Waals surface area contributed by atoms with Crippen molar-refractivity contribution in [2.24, 2.45) is 4.99 Å². The molecule has 1 unspecified atom stereocenters. The lowest BCUT2D eigenvalue weighted by atomic mass is 10.1. The van der Waals surface area contributed by atoms with Gasteiger partial charge in [-0.3, -0.25) is 9.59 Å². The average Bonchev–Trinajstić information content (AvgIpc) is 3.20. The van der Waals surface area contributed by atoms with E-state index in [-0.39, 0.29) is 13.1 Å². The van der Waals surface area contributed by atoms with Crippen molar-refractivity contribution < 1.29 is 32.3 Å². The van der Waals surface area contributed by atoms with Gasteiger partial charge in [-0.2, -0.15) is 13.2 Å². The molecule has 0 saturated heterocycles. The monoisotopic (exact) mass is 505 g/mol. The van der Waals surface area contributed by atoms with Crippen molar-refractivity contribution in [3.63, 3.8) is 0 Å². The zero-order chi connectivity index (χ0) is 26.0. The third-order valence-electron chi connectivity index (χ3n) is 5.77. The molecule has 0 spiro atoms. The fourth-order valence-corrected chi connectivity index (χ4v) is 3.89. The summed E-state index contributed by atoms with van der Waals surface area (Å²) < 4.78 is 51.4. The van der Waals surface area contributed by atoms with Crippen LogP contribution in [0.4, 0.5) is 23.2 Å². The number of aryl methyl sites for hydroxylation is 1. The number of aliphatic hydroxyl groups excluding tert-OH is 1. The van der Waals surface area contributed by atoms with Gasteiger partial charge >= 0.3 is 12.1 Å². The molecule has 190 valence electrons. The van der Waals surface area contributed by atoms with Gasteiger partial charge in [0.25, 0.3) is 5.91 Å². The van der Waals surface area contributed by atoms with Crippen LogP contribution in [0.2, 0.25) is 0 Å². The Morgan fingerprint density at radius 2 is 1.78 bits per heavy atom. The maximum Gasteiger partial charge on any atom is 0.471 e. The first-order chi connectivity index (χ1) is 17.1. The molecule has 2 heterocycles. The highest BCUT2D eigenvalue weighted by Crippen LogP contribution is 2.29. The molecule has 2 atom stereocenters. The van der Waals surface area contributed by atoms with E-state index in [4.69, 9.17) is 0 Å². The Morgan fingerprint density at radius 3 is 2.39 bits per heavy atom. The zero-order valence-electron chi connectivity index (χ0n) is 19.1. The Labute approximate surface area is 203 Å². The standard InChI is InChI=1S/C24H23F4N5O3/c1-14-2-8-17(9-3-14)29-21-20(15-4-6-16(25)7-5-15)31-19-12-32(10-11-33(19)21)22(35)18(13-34)30-23(36)24(26,27)28/h2-9,12,18,21,29,34H,10-11,13H2,1H3,(H,30,36)/t18-,21?/m0/s1. The topological polar surface area (TPSA) is 97.3 Å². The summed E-state index contributed by atoms with van der Waals surface area (Å²) in [6.45, 7) is 1.27. The van der Waals surface area contributed by atoms with E-state index in [1.807, 2.05) is 36.1 Å². The van der Waals surface area contributed by atoms with Gasteiger partial charge in [0.2, 0.25) is 0 Å². The Balaban J connectivity index is 1.61. The van der Waals surface area contributed by atoms with Crippen LogP contribution in [0.15, 0.2) is 65.5 Å². The molecule has 2 aliphatic rings. The van der Waals surface area contributed by atoms with Crippen molar-refractivity contribution in [3.8, 4) is 0 Å². The van der Waals surface area contributed by atoms with Crippen LogP contribution in [0.5, 0.6) is 0 Å². The number of fused-ring (bicyclic) bond motifs is 1. The molecule has 0 radical (unpaired) electrons. The summed E-state index contributed by atoms with van der Waals surface area (Å²) in [6, 6.07) is 11.7. The van der Waals surface area contributed by atoms with Crippen molar-refractivity contribution in [1.29, 1.82) is 0 Å². The summed E-state index contributed by atoms with van der Waals surface area (Å²) >= 11 is 0. The summed E-state index contributed by atoms with van der Waals surface area (Å²) in [5, 5.41) is 14.3. The number of hydrogen-bond donors (Lipinski definition) is 3. The van der Waals surface area contributed by atoms with E-state index in [1.165, 1.54) is 23.6 Å². The van der Waals surface area contributed by atoms with Crippen LogP contribution in [-0.4, -0.2) is 70.5 Å². The third-order valence-corrected chi connectivity index (χ3v) is 5.77. The molecule has 36 heavy (non-hydrogen) atoms. The minimum atomic E-state index is -5.19. The third kappa shape index (κ3) is 5.33. The number of rotatable bonds is 6. The molecule has 12 heteroatoms. The van der Waals surface area contributed by atoms with Crippen molar-refractivity contribution >= 4 is 23.2 Å². The van der Waals surface area contributed by atoms with Crippen LogP contribution in [0.3, 0.4) is 0 Å². The number of halogens is 4. The van der Waals surface area contributed by atoms with E-state index in [2.05, 4.69) is 10.3 Å². The molecule has 0 bridgehead atoms. The molecule has 8 nitrogen and oxygen atoms in total. The molecule has 0 fully saturated rings. The maximum absolute atomic E-state index is 13.5. The van der Waals surface area contributed by atoms with E-state index in [1.54, 1.807) is 12.1 Å². The summed E-state index contributed by atoms with van der Waals surface area (Å²) in [4.78, 5) is 31.7. The normalized spacial score (nSPS) is 18.2. The van der Waals surface area contributed by atoms with Crippen molar-refractivity contribution in [2.75, 3.05) is 25.0 Å². The van der Waals surface area contributed by atoms with Gasteiger partial charge in [-0.1, -0.05) is 29.8 Å². The first-order valence-electron chi connectivity index (χ1n) is 11.0. The maximum atomic E-state index is 13.5. The van der Waals surface area contributed by atoms with Gasteiger partial charge in [0, 0.05) is 30.5 Å². The van der Waals surface area contributed by atoms with Gasteiger partial charge < -0.3 is 25.5 Å². The summed E-state index contributed by atoms with van der Waals surface area (Å²) in [7, 11) is 0. The smallest absolute Gasteiger partial charge is 0.394 e. The van der Waals surface area contributed by atoms with E-state index >= 15 is 0 Å². The van der Waals surface area contributed by atoms with Crippen LogP contribution in [0.25, 0.3) is 0 Å². The summed E-state index contributed by atoms with van der Waals surface area (Å²) in [5.74, 6) is -3.29. The first-order valence-corrected chi connectivity index (χ1v) is 11.0. The molecule has 0 saturated carbocycles. The minimum Gasteiger partial charge on any atom is -0.394 e. The summed E-state index contributed by atoms with van der Waals surface area (Å²) in [6.07, 6.45) is -4.31. The lowest BCUT2D eigenvalue weighted by Gasteiger charge is -2.36. The second-order valence-corrected chi connectivity index (χ2v) is 8.34. The number of aliphatic hydroxyl groups is 1. The molecular formula is C24H23F4N5O3. The van der Waals surface area contributed by atoms with Gasteiger partial charge in [0.05, 0.1) is 12.3 Å². The van der Waals surface area contributed by atoms with Crippen LogP contribution in [0, 0.1) is 12.7 Å². The molecule has 0 aromatic heterocycles.